The van der Waals surface area contributed by atoms with Crippen LogP contribution in [-0.2, 0) is 11.1 Å². The first-order chi connectivity index (χ1) is 11.5. The van der Waals surface area contributed by atoms with Gasteiger partial charge in [0.1, 0.15) is 0 Å². The molecule has 1 aromatic heterocycles. The predicted molar refractivity (Wildman–Crippen MR) is 94.6 cm³/mol. The fourth-order valence-corrected chi connectivity index (χ4v) is 5.41. The lowest BCUT2D eigenvalue weighted by Gasteiger charge is -2.25. The van der Waals surface area contributed by atoms with Gasteiger partial charge in [0.25, 0.3) is 0 Å². The zero-order valence-electron chi connectivity index (χ0n) is 14.4. The van der Waals surface area contributed by atoms with Crippen molar-refractivity contribution in [3.8, 4) is 5.88 Å². The quantitative estimate of drug-likeness (QED) is 0.589. The lowest BCUT2D eigenvalue weighted by molar-refractivity contribution is 0.189. The number of nitrogens with zero attached hydrogens (tertiary/aromatic N) is 1. The van der Waals surface area contributed by atoms with Crippen LogP contribution in [0.4, 0.5) is 0 Å². The highest BCUT2D eigenvalue weighted by atomic mass is 31.2. The molecule has 136 valence electrons. The molecule has 3 N–H and O–H groups in total. The zero-order valence-corrected chi connectivity index (χ0v) is 15.3. The Labute approximate surface area is 144 Å². The van der Waals surface area contributed by atoms with Crippen molar-refractivity contribution < 1.29 is 19.3 Å². The molecular formula is C17H29N2O4P. The predicted octanol–water partition coefficient (Wildman–Crippen LogP) is 2.39. The molecule has 1 aliphatic rings. The van der Waals surface area contributed by atoms with E-state index >= 15 is 0 Å². The van der Waals surface area contributed by atoms with Crippen LogP contribution in [0, 0.1) is 5.92 Å². The maximum atomic E-state index is 12.4. The highest BCUT2D eigenvalue weighted by molar-refractivity contribution is 7.58. The van der Waals surface area contributed by atoms with Crippen molar-refractivity contribution in [1.29, 1.82) is 0 Å². The third-order valence-corrected chi connectivity index (χ3v) is 6.56. The summed E-state index contributed by atoms with van der Waals surface area (Å²) in [4.78, 5) is 14.2. The van der Waals surface area contributed by atoms with Gasteiger partial charge in [-0.15, -0.1) is 0 Å². The van der Waals surface area contributed by atoms with Gasteiger partial charge < -0.3 is 20.1 Å². The van der Waals surface area contributed by atoms with Crippen molar-refractivity contribution in [2.45, 2.75) is 44.8 Å². The number of pyridine rings is 1. The van der Waals surface area contributed by atoms with Crippen LogP contribution in [0.25, 0.3) is 0 Å². The molecule has 1 heterocycles. The second kappa shape index (κ2) is 9.52. The fourth-order valence-electron chi connectivity index (χ4n) is 3.30. The van der Waals surface area contributed by atoms with Crippen LogP contribution >= 0.6 is 7.37 Å². The number of rotatable bonds is 9. The van der Waals surface area contributed by atoms with Gasteiger partial charge in [-0.3, -0.25) is 4.57 Å². The number of hydrogen-bond acceptors (Lipinski definition) is 5. The maximum absolute atomic E-state index is 12.4. The minimum Gasteiger partial charge on any atom is -0.481 e. The van der Waals surface area contributed by atoms with Gasteiger partial charge in [0, 0.05) is 31.5 Å². The van der Waals surface area contributed by atoms with Crippen molar-refractivity contribution in [3.05, 3.63) is 23.9 Å². The fraction of sp³-hybridized carbons (Fsp3) is 0.706. The van der Waals surface area contributed by atoms with Gasteiger partial charge in [0.2, 0.25) is 13.2 Å². The van der Waals surface area contributed by atoms with Gasteiger partial charge >= 0.3 is 0 Å². The summed E-state index contributed by atoms with van der Waals surface area (Å²) >= 11 is 0. The van der Waals surface area contributed by atoms with Crippen LogP contribution in [0.15, 0.2) is 18.3 Å². The standard InChI is InChI=1S/C17H29N2O4P/c1-23-17-9-15(7-8-19-17)10-18-11-16(20)13-24(21,22)12-14-5-3-2-4-6-14/h7-9,14,16,18,20H,2-6,10-13H2,1H3,(H,21,22). The molecule has 24 heavy (non-hydrogen) atoms. The monoisotopic (exact) mass is 356 g/mol. The summed E-state index contributed by atoms with van der Waals surface area (Å²) in [6, 6.07) is 3.68. The molecule has 0 bridgehead atoms. The van der Waals surface area contributed by atoms with Crippen LogP contribution in [0.1, 0.15) is 37.7 Å². The van der Waals surface area contributed by atoms with Gasteiger partial charge in [0.05, 0.1) is 19.4 Å². The van der Waals surface area contributed by atoms with E-state index in [2.05, 4.69) is 10.3 Å². The van der Waals surface area contributed by atoms with E-state index in [0.717, 1.165) is 31.2 Å². The number of nitrogens with one attached hydrogen (secondary N) is 1. The van der Waals surface area contributed by atoms with Crippen LogP contribution in [0.2, 0.25) is 0 Å². The van der Waals surface area contributed by atoms with Crippen molar-refractivity contribution in [1.82, 2.24) is 10.3 Å². The number of methoxy groups -OCH3 is 1. The van der Waals surface area contributed by atoms with E-state index in [9.17, 15) is 14.6 Å². The second-order valence-corrected chi connectivity index (χ2v) is 9.13. The molecule has 2 unspecified atom stereocenters. The molecule has 0 aliphatic heterocycles. The number of hydrogen-bond donors (Lipinski definition) is 3. The van der Waals surface area contributed by atoms with Gasteiger partial charge in [-0.2, -0.15) is 0 Å². The van der Waals surface area contributed by atoms with Gasteiger partial charge in [0.15, 0.2) is 0 Å². The van der Waals surface area contributed by atoms with Gasteiger partial charge in [-0.1, -0.05) is 19.3 Å². The zero-order chi connectivity index (χ0) is 17.4. The van der Waals surface area contributed by atoms with Crippen molar-refractivity contribution in [2.75, 3.05) is 26.0 Å². The molecule has 1 fully saturated rings. The summed E-state index contributed by atoms with van der Waals surface area (Å²) < 4.78 is 17.4. The van der Waals surface area contributed by atoms with E-state index < -0.39 is 13.5 Å². The van der Waals surface area contributed by atoms with Crippen LogP contribution < -0.4 is 10.1 Å². The molecule has 1 aromatic rings. The van der Waals surface area contributed by atoms with Crippen molar-refractivity contribution >= 4 is 7.37 Å². The molecule has 0 saturated heterocycles. The molecule has 0 amide bonds. The highest BCUT2D eigenvalue weighted by Crippen LogP contribution is 2.45. The lowest BCUT2D eigenvalue weighted by atomic mass is 9.91. The van der Waals surface area contributed by atoms with E-state index in [1.165, 1.54) is 6.42 Å². The lowest BCUT2D eigenvalue weighted by Crippen LogP contribution is -2.30. The average Bonchev–Trinajstić information content (AvgIpc) is 2.55. The Morgan fingerprint density at radius 3 is 2.88 bits per heavy atom. The minimum absolute atomic E-state index is 0.0316. The van der Waals surface area contributed by atoms with Crippen molar-refractivity contribution in [2.24, 2.45) is 5.92 Å². The summed E-state index contributed by atoms with van der Waals surface area (Å²) in [5.74, 6) is 0.890. The van der Waals surface area contributed by atoms with Crippen LogP contribution in [0.5, 0.6) is 5.88 Å². The highest BCUT2D eigenvalue weighted by Gasteiger charge is 2.27. The SMILES string of the molecule is COc1cc(CNCC(O)CP(=O)(O)CC2CCCCC2)ccn1. The number of ether oxygens (including phenoxy) is 1. The van der Waals surface area contributed by atoms with Crippen LogP contribution in [0.3, 0.4) is 0 Å². The summed E-state index contributed by atoms with van der Waals surface area (Å²) in [7, 11) is -1.70. The number of aromatic nitrogens is 1. The Morgan fingerprint density at radius 2 is 2.17 bits per heavy atom. The Kier molecular flexibility index (Phi) is 7.69. The maximum Gasteiger partial charge on any atom is 0.213 e. The Bertz CT molecular complexity index is 549. The van der Waals surface area contributed by atoms with E-state index in [1.54, 1.807) is 13.3 Å². The van der Waals surface area contributed by atoms with E-state index in [-0.39, 0.29) is 6.16 Å². The Balaban J connectivity index is 1.71. The molecule has 0 radical (unpaired) electrons. The topological polar surface area (TPSA) is 91.7 Å². The summed E-state index contributed by atoms with van der Waals surface area (Å²) in [5, 5.41) is 13.2. The first kappa shape index (κ1) is 19.4. The molecule has 1 saturated carbocycles. The molecule has 1 aliphatic carbocycles. The third-order valence-electron chi connectivity index (χ3n) is 4.48. The molecule has 7 heteroatoms. The normalized spacial score (nSPS) is 19.6. The average molecular weight is 356 g/mol. The summed E-state index contributed by atoms with van der Waals surface area (Å²) in [5.41, 5.74) is 0.989. The van der Waals surface area contributed by atoms with Gasteiger partial charge in [-0.05, 0) is 30.4 Å². The third kappa shape index (κ3) is 6.89. The van der Waals surface area contributed by atoms with E-state index in [0.29, 0.717) is 31.0 Å². The first-order valence-corrected chi connectivity index (χ1v) is 10.7. The number of aliphatic hydroxyl groups excluding tert-OH is 1. The number of aliphatic hydroxyl groups is 1. The molecule has 0 aromatic carbocycles. The van der Waals surface area contributed by atoms with E-state index in [1.807, 2.05) is 12.1 Å². The summed E-state index contributed by atoms with van der Waals surface area (Å²) in [6.07, 6.45) is 6.81. The van der Waals surface area contributed by atoms with Crippen molar-refractivity contribution in [3.63, 3.8) is 0 Å². The molecular weight excluding hydrogens is 327 g/mol. The minimum atomic E-state index is -3.26. The van der Waals surface area contributed by atoms with Gasteiger partial charge in [-0.25, -0.2) is 4.98 Å². The molecule has 2 rings (SSSR count). The molecule has 0 spiro atoms. The largest absolute Gasteiger partial charge is 0.481 e. The first-order valence-electron chi connectivity index (χ1n) is 8.67. The Morgan fingerprint density at radius 1 is 1.42 bits per heavy atom. The van der Waals surface area contributed by atoms with E-state index in [4.69, 9.17) is 4.74 Å². The molecule has 2 atom stereocenters. The Hall–Kier alpha value is -0.940. The smallest absolute Gasteiger partial charge is 0.213 e. The van der Waals surface area contributed by atoms with Crippen LogP contribution in [-0.4, -0.2) is 47.1 Å². The molecule has 6 nitrogen and oxygen atoms in total. The summed E-state index contributed by atoms with van der Waals surface area (Å²) in [6.45, 7) is 0.841. The second-order valence-electron chi connectivity index (χ2n) is 6.71.